The highest BCUT2D eigenvalue weighted by atomic mass is 19.4. The second-order valence-electron chi connectivity index (χ2n) is 7.17. The van der Waals surface area contributed by atoms with Crippen LogP contribution in [0.25, 0.3) is 0 Å². The Morgan fingerprint density at radius 2 is 1.58 bits per heavy atom. The van der Waals surface area contributed by atoms with Crippen LogP contribution in [0.5, 0.6) is 11.5 Å². The van der Waals surface area contributed by atoms with E-state index in [0.29, 0.717) is 43.0 Å². The molecule has 0 spiro atoms. The predicted molar refractivity (Wildman–Crippen MR) is 108 cm³/mol. The van der Waals surface area contributed by atoms with E-state index in [9.17, 15) is 22.8 Å². The number of piperidine rings is 1. The summed E-state index contributed by atoms with van der Waals surface area (Å²) >= 11 is 0. The van der Waals surface area contributed by atoms with Crippen molar-refractivity contribution in [2.45, 2.75) is 19.0 Å². The lowest BCUT2D eigenvalue weighted by atomic mass is 9.95. The van der Waals surface area contributed by atoms with E-state index in [2.05, 4.69) is 5.32 Å². The molecule has 1 fully saturated rings. The van der Waals surface area contributed by atoms with Gasteiger partial charge in [-0.3, -0.25) is 9.59 Å². The molecule has 0 unspecified atom stereocenters. The molecule has 1 aliphatic rings. The lowest BCUT2D eigenvalue weighted by Gasteiger charge is -2.32. The summed E-state index contributed by atoms with van der Waals surface area (Å²) < 4.78 is 49.2. The molecule has 2 aromatic carbocycles. The van der Waals surface area contributed by atoms with Gasteiger partial charge in [0.25, 0.3) is 5.91 Å². The van der Waals surface area contributed by atoms with Gasteiger partial charge in [-0.2, -0.15) is 13.2 Å². The summed E-state index contributed by atoms with van der Waals surface area (Å²) in [6.07, 6.45) is -3.69. The summed E-state index contributed by atoms with van der Waals surface area (Å²) in [4.78, 5) is 27.2. The first-order valence-corrected chi connectivity index (χ1v) is 9.73. The molecule has 0 saturated carbocycles. The number of nitrogens with one attached hydrogen (secondary N) is 1. The minimum atomic E-state index is -4.48. The number of carbonyl (C=O) groups is 2. The Labute approximate surface area is 177 Å². The van der Waals surface area contributed by atoms with Gasteiger partial charge < -0.3 is 19.7 Å². The largest absolute Gasteiger partial charge is 0.496 e. The maximum absolute atomic E-state index is 13.0. The van der Waals surface area contributed by atoms with Crippen LogP contribution in [-0.2, 0) is 11.0 Å². The fourth-order valence-electron chi connectivity index (χ4n) is 3.58. The maximum atomic E-state index is 13.0. The number of alkyl halides is 3. The van der Waals surface area contributed by atoms with Gasteiger partial charge in [-0.05, 0) is 43.2 Å². The van der Waals surface area contributed by atoms with E-state index in [0.717, 1.165) is 12.1 Å². The van der Waals surface area contributed by atoms with Gasteiger partial charge in [0.2, 0.25) is 5.91 Å². The summed E-state index contributed by atoms with van der Waals surface area (Å²) in [6.45, 7) is 0.668. The van der Waals surface area contributed by atoms with Crippen molar-refractivity contribution >= 4 is 17.5 Å². The summed E-state index contributed by atoms with van der Waals surface area (Å²) in [5.41, 5.74) is -0.409. The van der Waals surface area contributed by atoms with Crippen molar-refractivity contribution in [1.29, 1.82) is 0 Å². The molecule has 0 radical (unpaired) electrons. The van der Waals surface area contributed by atoms with Crippen molar-refractivity contribution in [2.24, 2.45) is 5.92 Å². The number of rotatable bonds is 5. The number of hydrogen-bond acceptors (Lipinski definition) is 4. The SMILES string of the molecule is COc1cccc(OC)c1C(=O)N1CCC(C(=O)Nc2cccc(C(F)(F)F)c2)CC1. The third kappa shape index (κ3) is 5.10. The second kappa shape index (κ2) is 9.28. The van der Waals surface area contributed by atoms with Gasteiger partial charge in [0.1, 0.15) is 17.1 Å². The van der Waals surface area contributed by atoms with Gasteiger partial charge in [0.05, 0.1) is 19.8 Å². The summed E-state index contributed by atoms with van der Waals surface area (Å²) in [5.74, 6) is -0.229. The summed E-state index contributed by atoms with van der Waals surface area (Å²) in [6, 6.07) is 9.59. The van der Waals surface area contributed by atoms with Crippen LogP contribution in [0, 0.1) is 5.92 Å². The van der Waals surface area contributed by atoms with Crippen LogP contribution in [0.1, 0.15) is 28.8 Å². The van der Waals surface area contributed by atoms with E-state index < -0.39 is 17.7 Å². The average Bonchev–Trinajstić information content (AvgIpc) is 2.77. The van der Waals surface area contributed by atoms with Gasteiger partial charge in [0.15, 0.2) is 0 Å². The molecular formula is C22H23F3N2O4. The zero-order valence-corrected chi connectivity index (χ0v) is 17.2. The normalized spacial score (nSPS) is 14.8. The van der Waals surface area contributed by atoms with Crippen molar-refractivity contribution in [3.05, 3.63) is 53.6 Å². The highest BCUT2D eigenvalue weighted by molar-refractivity contribution is 6.00. The zero-order valence-electron chi connectivity index (χ0n) is 17.2. The fraction of sp³-hybridized carbons (Fsp3) is 0.364. The number of halogens is 3. The molecule has 0 bridgehead atoms. The van der Waals surface area contributed by atoms with Crippen LogP contribution in [0.4, 0.5) is 18.9 Å². The predicted octanol–water partition coefficient (Wildman–Crippen LogP) is 4.21. The second-order valence-corrected chi connectivity index (χ2v) is 7.17. The van der Waals surface area contributed by atoms with Gasteiger partial charge >= 0.3 is 6.18 Å². The Kier molecular flexibility index (Phi) is 6.72. The van der Waals surface area contributed by atoms with E-state index in [1.807, 2.05) is 0 Å². The molecule has 0 atom stereocenters. The van der Waals surface area contributed by atoms with E-state index >= 15 is 0 Å². The molecule has 2 amide bonds. The third-order valence-electron chi connectivity index (χ3n) is 5.25. The van der Waals surface area contributed by atoms with E-state index in [1.54, 1.807) is 23.1 Å². The van der Waals surface area contributed by atoms with Crippen molar-refractivity contribution in [2.75, 3.05) is 32.6 Å². The number of anilines is 1. The van der Waals surface area contributed by atoms with Gasteiger partial charge in [-0.1, -0.05) is 12.1 Å². The molecule has 2 aromatic rings. The molecule has 1 N–H and O–H groups in total. The molecule has 0 aromatic heterocycles. The van der Waals surface area contributed by atoms with Crippen molar-refractivity contribution in [3.63, 3.8) is 0 Å². The van der Waals surface area contributed by atoms with Gasteiger partial charge in [0, 0.05) is 24.7 Å². The topological polar surface area (TPSA) is 67.9 Å². The highest BCUT2D eigenvalue weighted by Gasteiger charge is 2.32. The average molecular weight is 436 g/mol. The Morgan fingerprint density at radius 1 is 1.00 bits per heavy atom. The molecule has 9 heteroatoms. The Balaban J connectivity index is 1.64. The summed E-state index contributed by atoms with van der Waals surface area (Å²) in [7, 11) is 2.94. The molecule has 1 heterocycles. The molecule has 0 aliphatic carbocycles. The molecule has 6 nitrogen and oxygen atoms in total. The quantitative estimate of drug-likeness (QED) is 0.763. The molecule has 3 rings (SSSR count). The number of benzene rings is 2. The van der Waals surface area contributed by atoms with Crippen LogP contribution in [0.2, 0.25) is 0 Å². The van der Waals surface area contributed by atoms with Gasteiger partial charge in [-0.25, -0.2) is 0 Å². The lowest BCUT2D eigenvalue weighted by Crippen LogP contribution is -2.41. The van der Waals surface area contributed by atoms with Crippen LogP contribution < -0.4 is 14.8 Å². The smallest absolute Gasteiger partial charge is 0.416 e. The first kappa shape index (κ1) is 22.5. The van der Waals surface area contributed by atoms with Crippen LogP contribution in [-0.4, -0.2) is 44.0 Å². The molecule has 31 heavy (non-hydrogen) atoms. The first-order chi connectivity index (χ1) is 14.7. The minimum absolute atomic E-state index is 0.0945. The molecular weight excluding hydrogens is 413 g/mol. The standard InChI is InChI=1S/C22H23F3N2O4/c1-30-17-7-4-8-18(31-2)19(17)21(29)27-11-9-14(10-12-27)20(28)26-16-6-3-5-15(13-16)22(23,24)25/h3-8,13-14H,9-12H2,1-2H3,(H,26,28). The number of ether oxygens (including phenoxy) is 2. The van der Waals surface area contributed by atoms with E-state index in [-0.39, 0.29) is 17.5 Å². The highest BCUT2D eigenvalue weighted by Crippen LogP contribution is 2.32. The monoisotopic (exact) mass is 436 g/mol. The Hall–Kier alpha value is -3.23. The number of methoxy groups -OCH3 is 2. The van der Waals surface area contributed by atoms with E-state index in [1.165, 1.54) is 26.4 Å². The van der Waals surface area contributed by atoms with Crippen LogP contribution in [0.3, 0.4) is 0 Å². The van der Waals surface area contributed by atoms with Crippen molar-refractivity contribution in [3.8, 4) is 11.5 Å². The molecule has 1 saturated heterocycles. The van der Waals surface area contributed by atoms with Crippen LogP contribution >= 0.6 is 0 Å². The maximum Gasteiger partial charge on any atom is 0.416 e. The number of amides is 2. The lowest BCUT2D eigenvalue weighted by molar-refractivity contribution is -0.137. The number of hydrogen-bond donors (Lipinski definition) is 1. The van der Waals surface area contributed by atoms with Gasteiger partial charge in [-0.15, -0.1) is 0 Å². The minimum Gasteiger partial charge on any atom is -0.496 e. The molecule has 1 aliphatic heterocycles. The van der Waals surface area contributed by atoms with Crippen molar-refractivity contribution in [1.82, 2.24) is 4.90 Å². The van der Waals surface area contributed by atoms with Crippen molar-refractivity contribution < 1.29 is 32.2 Å². The van der Waals surface area contributed by atoms with Crippen LogP contribution in [0.15, 0.2) is 42.5 Å². The number of nitrogens with zero attached hydrogens (tertiary/aromatic N) is 1. The fourth-order valence-corrected chi connectivity index (χ4v) is 3.58. The Bertz CT molecular complexity index is 932. The zero-order chi connectivity index (χ0) is 22.6. The number of likely N-dealkylation sites (tertiary alicyclic amines) is 1. The molecule has 166 valence electrons. The van der Waals surface area contributed by atoms with E-state index in [4.69, 9.17) is 9.47 Å². The Morgan fingerprint density at radius 3 is 2.13 bits per heavy atom. The summed E-state index contributed by atoms with van der Waals surface area (Å²) in [5, 5.41) is 2.55. The third-order valence-corrected chi connectivity index (χ3v) is 5.25. The number of carbonyl (C=O) groups excluding carboxylic acids is 2. The first-order valence-electron chi connectivity index (χ1n) is 9.73.